The van der Waals surface area contributed by atoms with E-state index in [1.807, 2.05) is 6.92 Å². The van der Waals surface area contributed by atoms with E-state index in [-0.39, 0.29) is 18.3 Å². The maximum atomic E-state index is 12.8. The van der Waals surface area contributed by atoms with Crippen molar-refractivity contribution >= 4 is 17.3 Å². The fourth-order valence-electron chi connectivity index (χ4n) is 3.81. The molecular weight excluding hydrogens is 424 g/mol. The van der Waals surface area contributed by atoms with E-state index in [2.05, 4.69) is 0 Å². The second kappa shape index (κ2) is 8.69. The zero-order valence-corrected chi connectivity index (χ0v) is 17.1. The predicted octanol–water partition coefficient (Wildman–Crippen LogP) is 4.02. The van der Waals surface area contributed by atoms with Crippen molar-refractivity contribution in [1.82, 2.24) is 0 Å². The molecule has 2 aromatic carbocycles. The Bertz CT molecular complexity index is 1040. The van der Waals surface area contributed by atoms with Gasteiger partial charge in [0.1, 0.15) is 18.0 Å². The van der Waals surface area contributed by atoms with E-state index < -0.39 is 39.4 Å². The Labute approximate surface area is 182 Å². The van der Waals surface area contributed by atoms with E-state index in [1.54, 1.807) is 18.2 Å². The monoisotopic (exact) mass is 444 g/mol. The van der Waals surface area contributed by atoms with Crippen molar-refractivity contribution in [3.63, 3.8) is 0 Å². The lowest BCUT2D eigenvalue weighted by molar-refractivity contribution is -0.394. The normalized spacial score (nSPS) is 21.6. The first-order chi connectivity index (χ1) is 15.3. The van der Waals surface area contributed by atoms with Crippen LogP contribution in [0.4, 0.5) is 11.4 Å². The molecule has 11 heteroatoms. The molecule has 4 rings (SSSR count). The van der Waals surface area contributed by atoms with E-state index in [4.69, 9.17) is 18.9 Å². The first kappa shape index (κ1) is 21.3. The Morgan fingerprint density at radius 3 is 2.34 bits per heavy atom. The van der Waals surface area contributed by atoms with Crippen molar-refractivity contribution in [2.75, 3.05) is 6.79 Å². The summed E-state index contributed by atoms with van der Waals surface area (Å²) in [6.45, 7) is 2.16. The number of nitro groups is 2. The van der Waals surface area contributed by atoms with Gasteiger partial charge >= 0.3 is 5.97 Å². The highest BCUT2D eigenvalue weighted by Gasteiger charge is 2.34. The van der Waals surface area contributed by atoms with E-state index in [0.29, 0.717) is 30.1 Å². The number of benzene rings is 2. The Balaban J connectivity index is 1.53. The molecule has 0 spiro atoms. The maximum Gasteiger partial charge on any atom is 0.339 e. The Kier molecular flexibility index (Phi) is 5.80. The molecule has 2 aliphatic rings. The van der Waals surface area contributed by atoms with Crippen molar-refractivity contribution in [2.45, 2.75) is 38.4 Å². The van der Waals surface area contributed by atoms with E-state index in [1.165, 1.54) is 0 Å². The van der Waals surface area contributed by atoms with Crippen LogP contribution in [0.25, 0.3) is 0 Å². The Hall–Kier alpha value is -3.89. The average Bonchev–Trinajstić information content (AvgIpc) is 3.23. The van der Waals surface area contributed by atoms with Gasteiger partial charge in [0, 0.05) is 18.2 Å². The lowest BCUT2D eigenvalue weighted by atomic mass is 9.86. The minimum Gasteiger partial charge on any atom is -0.486 e. The van der Waals surface area contributed by atoms with Gasteiger partial charge in [0.2, 0.25) is 6.79 Å². The Morgan fingerprint density at radius 2 is 1.66 bits per heavy atom. The van der Waals surface area contributed by atoms with Gasteiger partial charge in [-0.05, 0) is 37.3 Å². The molecule has 11 nitrogen and oxygen atoms in total. The minimum atomic E-state index is -0.879. The number of nitro benzene ring substituents is 2. The van der Waals surface area contributed by atoms with Gasteiger partial charge in [-0.25, -0.2) is 4.79 Å². The van der Waals surface area contributed by atoms with Crippen LogP contribution in [0, 0.1) is 26.1 Å². The number of carbonyl (C=O) groups excluding carboxylic acids is 1. The van der Waals surface area contributed by atoms with E-state index in [9.17, 15) is 25.0 Å². The molecule has 0 amide bonds. The molecule has 0 aromatic heterocycles. The largest absolute Gasteiger partial charge is 0.486 e. The van der Waals surface area contributed by atoms with Gasteiger partial charge in [-0.1, -0.05) is 6.92 Å². The molecule has 3 atom stereocenters. The molecule has 1 fully saturated rings. The number of hydrogen-bond donors (Lipinski definition) is 0. The van der Waals surface area contributed by atoms with Gasteiger partial charge in [-0.3, -0.25) is 20.2 Å². The molecule has 0 N–H and O–H groups in total. The lowest BCUT2D eigenvalue weighted by Crippen LogP contribution is -2.40. The van der Waals surface area contributed by atoms with Crippen LogP contribution in [0.5, 0.6) is 17.2 Å². The zero-order chi connectivity index (χ0) is 22.8. The Morgan fingerprint density at radius 1 is 0.969 bits per heavy atom. The van der Waals surface area contributed by atoms with Crippen molar-refractivity contribution in [1.29, 1.82) is 0 Å². The van der Waals surface area contributed by atoms with E-state index in [0.717, 1.165) is 24.6 Å². The summed E-state index contributed by atoms with van der Waals surface area (Å²) < 4.78 is 22.4. The highest BCUT2D eigenvalue weighted by atomic mass is 16.7. The van der Waals surface area contributed by atoms with Crippen LogP contribution in [-0.2, 0) is 4.74 Å². The van der Waals surface area contributed by atoms with Gasteiger partial charge in [0.05, 0.1) is 21.5 Å². The first-order valence-corrected chi connectivity index (χ1v) is 10.0. The first-order valence-electron chi connectivity index (χ1n) is 10.0. The summed E-state index contributed by atoms with van der Waals surface area (Å²) >= 11 is 0. The fourth-order valence-corrected chi connectivity index (χ4v) is 3.81. The summed E-state index contributed by atoms with van der Waals surface area (Å²) in [5.74, 6) is 1.09. The van der Waals surface area contributed by atoms with Crippen LogP contribution in [-0.4, -0.2) is 34.8 Å². The standard InChI is InChI=1S/C21H20N2O9/c1-12-2-4-18(31-16-3-5-17-19(10-16)30-11-29-17)20(6-12)32-21(24)13-7-14(22(25)26)9-15(8-13)23(27)28/h3,5,7-10,12,18,20H,2,4,6,11H2,1H3/t12-,18+,20+/m1/s1. The number of esters is 1. The highest BCUT2D eigenvalue weighted by molar-refractivity contribution is 5.91. The zero-order valence-electron chi connectivity index (χ0n) is 17.1. The van der Waals surface area contributed by atoms with Crippen molar-refractivity contribution in [3.8, 4) is 17.2 Å². The molecule has 1 saturated carbocycles. The summed E-state index contributed by atoms with van der Waals surface area (Å²) in [5, 5.41) is 22.2. The highest BCUT2D eigenvalue weighted by Crippen LogP contribution is 2.37. The van der Waals surface area contributed by atoms with Crippen LogP contribution < -0.4 is 14.2 Å². The summed E-state index contributed by atoms with van der Waals surface area (Å²) in [4.78, 5) is 33.4. The molecule has 32 heavy (non-hydrogen) atoms. The number of hydrogen-bond acceptors (Lipinski definition) is 9. The molecule has 1 aliphatic carbocycles. The molecule has 2 aromatic rings. The molecule has 0 bridgehead atoms. The smallest absolute Gasteiger partial charge is 0.339 e. The number of rotatable bonds is 6. The molecular formula is C21H20N2O9. The molecule has 0 unspecified atom stereocenters. The number of fused-ring (bicyclic) bond motifs is 1. The number of non-ortho nitro benzene ring substituents is 2. The van der Waals surface area contributed by atoms with Gasteiger partial charge in [0.15, 0.2) is 11.5 Å². The van der Waals surface area contributed by atoms with Gasteiger partial charge in [-0.2, -0.15) is 0 Å². The van der Waals surface area contributed by atoms with Crippen LogP contribution in [0.15, 0.2) is 36.4 Å². The molecule has 1 aliphatic heterocycles. The molecule has 0 saturated heterocycles. The summed E-state index contributed by atoms with van der Waals surface area (Å²) in [6, 6.07) is 7.89. The quantitative estimate of drug-likeness (QED) is 0.367. The predicted molar refractivity (Wildman–Crippen MR) is 109 cm³/mol. The second-order valence-electron chi connectivity index (χ2n) is 7.79. The SMILES string of the molecule is C[C@@H]1CC[C@H](Oc2ccc3c(c2)OCO3)[C@@H](OC(=O)c2cc([N+](=O)[O-])cc([N+](=O)[O-])c2)C1. The molecule has 0 radical (unpaired) electrons. The maximum absolute atomic E-state index is 12.8. The van der Waals surface area contributed by atoms with Gasteiger partial charge in [0.25, 0.3) is 11.4 Å². The summed E-state index contributed by atoms with van der Waals surface area (Å²) in [5.41, 5.74) is -1.38. The third kappa shape index (κ3) is 4.56. The lowest BCUT2D eigenvalue weighted by Gasteiger charge is -2.34. The summed E-state index contributed by atoms with van der Waals surface area (Å²) in [7, 11) is 0. The average molecular weight is 444 g/mol. The minimum absolute atomic E-state index is 0.134. The van der Waals surface area contributed by atoms with Gasteiger partial charge < -0.3 is 18.9 Å². The van der Waals surface area contributed by atoms with Crippen LogP contribution in [0.1, 0.15) is 36.5 Å². The summed E-state index contributed by atoms with van der Waals surface area (Å²) in [6.07, 6.45) is 0.936. The third-order valence-corrected chi connectivity index (χ3v) is 5.44. The van der Waals surface area contributed by atoms with Crippen molar-refractivity contribution in [3.05, 3.63) is 62.2 Å². The van der Waals surface area contributed by atoms with Crippen LogP contribution in [0.2, 0.25) is 0 Å². The van der Waals surface area contributed by atoms with Crippen LogP contribution >= 0.6 is 0 Å². The topological polar surface area (TPSA) is 140 Å². The fraction of sp³-hybridized carbons (Fsp3) is 0.381. The number of nitrogens with zero attached hydrogens (tertiary/aromatic N) is 2. The number of carbonyl (C=O) groups is 1. The van der Waals surface area contributed by atoms with Crippen molar-refractivity contribution in [2.24, 2.45) is 5.92 Å². The second-order valence-corrected chi connectivity index (χ2v) is 7.79. The number of ether oxygens (including phenoxy) is 4. The molecule has 168 valence electrons. The third-order valence-electron chi connectivity index (χ3n) is 5.44. The van der Waals surface area contributed by atoms with Crippen LogP contribution in [0.3, 0.4) is 0 Å². The van der Waals surface area contributed by atoms with Crippen molar-refractivity contribution < 1.29 is 33.6 Å². The molecule has 1 heterocycles. The van der Waals surface area contributed by atoms with E-state index >= 15 is 0 Å². The van der Waals surface area contributed by atoms with Gasteiger partial charge in [-0.15, -0.1) is 0 Å².